The summed E-state index contributed by atoms with van der Waals surface area (Å²) in [6.07, 6.45) is 8.69. The molecule has 0 radical (unpaired) electrons. The zero-order chi connectivity index (χ0) is 22.0. The molecule has 0 aromatic heterocycles. The van der Waals surface area contributed by atoms with E-state index in [0.29, 0.717) is 25.3 Å². The van der Waals surface area contributed by atoms with E-state index in [0.717, 1.165) is 12.2 Å². The van der Waals surface area contributed by atoms with Gasteiger partial charge in [0.15, 0.2) is 0 Å². The number of terminal acetylenes is 1. The van der Waals surface area contributed by atoms with Crippen LogP contribution >= 0.6 is 11.9 Å². The zero-order valence-corrected chi connectivity index (χ0v) is 18.4. The normalized spacial score (nSPS) is 16.8. The van der Waals surface area contributed by atoms with Crippen LogP contribution in [0.15, 0.2) is 18.2 Å². The largest absolute Gasteiger partial charge is 0.444 e. The van der Waals surface area contributed by atoms with E-state index in [1.165, 1.54) is 6.07 Å². The number of carbonyl (C=O) groups is 1. The van der Waals surface area contributed by atoms with Crippen LogP contribution in [-0.4, -0.2) is 52.3 Å². The first-order valence-electron chi connectivity index (χ1n) is 9.47. The monoisotopic (exact) mass is 419 g/mol. The first-order valence-corrected chi connectivity index (χ1v) is 10.4. The second-order valence-corrected chi connectivity index (χ2v) is 8.52. The van der Waals surface area contributed by atoms with Gasteiger partial charge in [-0.3, -0.25) is 0 Å². The molecule has 1 heterocycles. The van der Waals surface area contributed by atoms with Gasteiger partial charge in [-0.05, 0) is 39.3 Å². The molecule has 1 aliphatic heterocycles. The Morgan fingerprint density at radius 1 is 1.38 bits per heavy atom. The molecule has 0 spiro atoms. The van der Waals surface area contributed by atoms with Gasteiger partial charge in [-0.25, -0.2) is 13.5 Å². The molecule has 7 heteroatoms. The third-order valence-corrected chi connectivity index (χ3v) is 5.21. The molecule has 1 saturated heterocycles. The summed E-state index contributed by atoms with van der Waals surface area (Å²) in [5.74, 6) is 6.52. The van der Waals surface area contributed by atoms with Gasteiger partial charge in [-0.1, -0.05) is 36.8 Å². The number of ether oxygens (including phenoxy) is 1. The summed E-state index contributed by atoms with van der Waals surface area (Å²) in [6, 6.07) is 4.31. The number of nitrogen functional groups attached to an aromatic ring is 1. The molecule has 1 fully saturated rings. The second kappa shape index (κ2) is 11.6. The fourth-order valence-electron chi connectivity index (χ4n) is 2.57. The molecule has 0 unspecified atom stereocenters. The molecule has 0 bridgehead atoms. The molecule has 5 nitrogen and oxygen atoms in total. The van der Waals surface area contributed by atoms with Crippen LogP contribution in [0, 0.1) is 30.5 Å². The van der Waals surface area contributed by atoms with Gasteiger partial charge < -0.3 is 15.4 Å². The molecule has 1 aromatic rings. The Morgan fingerprint density at radius 2 is 2.07 bits per heavy atom. The van der Waals surface area contributed by atoms with Gasteiger partial charge in [-0.2, -0.15) is 0 Å². The maximum atomic E-state index is 14.0. The third-order valence-electron chi connectivity index (χ3n) is 3.85. The number of benzene rings is 1. The van der Waals surface area contributed by atoms with Crippen LogP contribution in [0.3, 0.4) is 0 Å². The fraction of sp³-hybridized carbons (Fsp3) is 0.500. The van der Waals surface area contributed by atoms with Crippen molar-refractivity contribution in [2.45, 2.75) is 45.8 Å². The van der Waals surface area contributed by atoms with Crippen LogP contribution in [0.25, 0.3) is 0 Å². The lowest BCUT2D eigenvalue weighted by Gasteiger charge is -2.38. The molecular weight excluding hydrogens is 389 g/mol. The Kier molecular flexibility index (Phi) is 9.88. The number of rotatable bonds is 3. The van der Waals surface area contributed by atoms with E-state index in [2.05, 4.69) is 35.9 Å². The van der Waals surface area contributed by atoms with Crippen LogP contribution in [0.2, 0.25) is 0 Å². The standard InChI is InChI=1S/C20H28FN3O2S.C2H2/c1-5-13-27-24-12-11-23(19(25)26-20(2,3)4)14-15(24)9-10-16-17(21)7-6-8-18(16)22;1-2/h6-8,15H,5,11-14,22H2,1-4H3;1-2H/t15-;/m0./s1. The van der Waals surface area contributed by atoms with Crippen LogP contribution in [-0.2, 0) is 4.74 Å². The highest BCUT2D eigenvalue weighted by molar-refractivity contribution is 7.97. The maximum Gasteiger partial charge on any atom is 0.410 e. The second-order valence-electron chi connectivity index (χ2n) is 7.39. The Balaban J connectivity index is 0.00000204. The molecule has 2 N–H and O–H groups in total. The molecule has 1 amide bonds. The van der Waals surface area contributed by atoms with Gasteiger partial charge in [0, 0.05) is 18.8 Å². The van der Waals surface area contributed by atoms with Crippen LogP contribution in [0.1, 0.15) is 39.7 Å². The molecule has 0 saturated carbocycles. The van der Waals surface area contributed by atoms with Gasteiger partial charge in [0.1, 0.15) is 11.4 Å². The molecular formula is C22H30FN3O2S. The molecule has 158 valence electrons. The molecule has 1 aliphatic rings. The number of hydrogen-bond acceptors (Lipinski definition) is 5. The van der Waals surface area contributed by atoms with E-state index in [4.69, 9.17) is 10.5 Å². The highest BCUT2D eigenvalue weighted by Gasteiger charge is 2.31. The number of hydrogen-bond donors (Lipinski definition) is 1. The van der Waals surface area contributed by atoms with Gasteiger partial charge in [-0.15, -0.1) is 12.8 Å². The molecule has 1 aromatic carbocycles. The zero-order valence-electron chi connectivity index (χ0n) is 17.6. The van der Waals surface area contributed by atoms with E-state index >= 15 is 0 Å². The van der Waals surface area contributed by atoms with E-state index in [1.54, 1.807) is 29.0 Å². The van der Waals surface area contributed by atoms with Crippen molar-refractivity contribution >= 4 is 23.7 Å². The summed E-state index contributed by atoms with van der Waals surface area (Å²) in [7, 11) is 0. The lowest BCUT2D eigenvalue weighted by Crippen LogP contribution is -2.52. The lowest BCUT2D eigenvalue weighted by molar-refractivity contribution is 0.0170. The predicted octanol–water partition coefficient (Wildman–Crippen LogP) is 3.99. The third kappa shape index (κ3) is 7.89. The summed E-state index contributed by atoms with van der Waals surface area (Å²) in [6.45, 7) is 9.31. The van der Waals surface area contributed by atoms with Crippen LogP contribution in [0.5, 0.6) is 0 Å². The van der Waals surface area contributed by atoms with Crippen molar-refractivity contribution in [1.82, 2.24) is 9.21 Å². The SMILES string of the molecule is C#C.CCCSN1CCN(C(=O)OC(C)(C)C)C[C@@H]1C#Cc1c(N)cccc1F. The smallest absolute Gasteiger partial charge is 0.410 e. The average Bonchev–Trinajstić information content (AvgIpc) is 2.66. The molecule has 0 aliphatic carbocycles. The number of anilines is 1. The first kappa shape index (κ1) is 24.7. The number of nitrogens with zero attached hydrogens (tertiary/aromatic N) is 2. The van der Waals surface area contributed by atoms with E-state index in [1.807, 2.05) is 20.8 Å². The highest BCUT2D eigenvalue weighted by Crippen LogP contribution is 2.22. The number of piperazine rings is 1. The van der Waals surface area contributed by atoms with Crippen molar-refractivity contribution in [3.8, 4) is 24.7 Å². The summed E-state index contributed by atoms with van der Waals surface area (Å²) < 4.78 is 21.6. The highest BCUT2D eigenvalue weighted by atomic mass is 32.2. The number of carbonyl (C=O) groups excluding carboxylic acids is 1. The van der Waals surface area contributed by atoms with Gasteiger partial charge in [0.05, 0.1) is 23.8 Å². The van der Waals surface area contributed by atoms with Crippen molar-refractivity contribution in [2.24, 2.45) is 0 Å². The Morgan fingerprint density at radius 3 is 2.66 bits per heavy atom. The topological polar surface area (TPSA) is 58.8 Å². The maximum absolute atomic E-state index is 14.0. The van der Waals surface area contributed by atoms with Gasteiger partial charge in [0.25, 0.3) is 0 Å². The van der Waals surface area contributed by atoms with Crippen molar-refractivity contribution in [3.05, 3.63) is 29.6 Å². The van der Waals surface area contributed by atoms with Gasteiger partial charge >= 0.3 is 6.09 Å². The molecule has 2 rings (SSSR count). The minimum Gasteiger partial charge on any atom is -0.444 e. The minimum atomic E-state index is -0.548. The van der Waals surface area contributed by atoms with E-state index < -0.39 is 11.4 Å². The number of nitrogens with two attached hydrogens (primary N) is 1. The van der Waals surface area contributed by atoms with Gasteiger partial charge in [0.2, 0.25) is 0 Å². The predicted molar refractivity (Wildman–Crippen MR) is 119 cm³/mol. The summed E-state index contributed by atoms with van der Waals surface area (Å²) >= 11 is 1.70. The number of halogens is 1. The lowest BCUT2D eigenvalue weighted by atomic mass is 10.1. The summed E-state index contributed by atoms with van der Waals surface area (Å²) in [4.78, 5) is 14.1. The van der Waals surface area contributed by atoms with Crippen molar-refractivity contribution in [1.29, 1.82) is 0 Å². The molecule has 29 heavy (non-hydrogen) atoms. The quantitative estimate of drug-likeness (QED) is 0.456. The average molecular weight is 420 g/mol. The Bertz CT molecular complexity index is 745. The number of amides is 1. The van der Waals surface area contributed by atoms with Crippen molar-refractivity contribution in [2.75, 3.05) is 31.1 Å². The minimum absolute atomic E-state index is 0.201. The Hall–Kier alpha value is -2.35. The summed E-state index contributed by atoms with van der Waals surface area (Å²) in [5, 5.41) is 0. The van der Waals surface area contributed by atoms with Crippen LogP contribution in [0.4, 0.5) is 14.9 Å². The van der Waals surface area contributed by atoms with Crippen LogP contribution < -0.4 is 5.73 Å². The summed E-state index contributed by atoms with van der Waals surface area (Å²) in [5.41, 5.74) is 5.82. The first-order chi connectivity index (χ1) is 13.7. The Labute approximate surface area is 178 Å². The fourth-order valence-corrected chi connectivity index (χ4v) is 3.49. The van der Waals surface area contributed by atoms with E-state index in [-0.39, 0.29) is 17.7 Å². The van der Waals surface area contributed by atoms with Crippen molar-refractivity contribution in [3.63, 3.8) is 0 Å². The van der Waals surface area contributed by atoms with Crippen molar-refractivity contribution < 1.29 is 13.9 Å². The molecule has 1 atom stereocenters. The van der Waals surface area contributed by atoms with E-state index in [9.17, 15) is 9.18 Å².